The predicted molar refractivity (Wildman–Crippen MR) is 52.5 cm³/mol. The van der Waals surface area contributed by atoms with Crippen molar-refractivity contribution >= 4 is 0 Å². The molecule has 0 aliphatic carbocycles. The first-order chi connectivity index (χ1) is 7.18. The maximum atomic E-state index is 13.7. The van der Waals surface area contributed by atoms with Crippen molar-refractivity contribution in [1.29, 1.82) is 0 Å². The Labute approximate surface area is 86.2 Å². The van der Waals surface area contributed by atoms with Gasteiger partial charge in [0.05, 0.1) is 5.56 Å². The zero-order valence-electron chi connectivity index (χ0n) is 8.40. The average molecular weight is 204 g/mol. The van der Waals surface area contributed by atoms with Crippen LogP contribution in [0.15, 0.2) is 18.2 Å². The number of nitrogens with zero attached hydrogens (tertiary/aromatic N) is 4. The Hall–Kier alpha value is -1.91. The van der Waals surface area contributed by atoms with Crippen molar-refractivity contribution in [2.75, 3.05) is 0 Å². The van der Waals surface area contributed by atoms with E-state index in [9.17, 15) is 4.39 Å². The summed E-state index contributed by atoms with van der Waals surface area (Å²) >= 11 is 0. The van der Waals surface area contributed by atoms with Crippen LogP contribution in [0.4, 0.5) is 4.39 Å². The van der Waals surface area contributed by atoms with Crippen molar-refractivity contribution in [3.63, 3.8) is 0 Å². The summed E-state index contributed by atoms with van der Waals surface area (Å²) in [4.78, 5) is 0. The van der Waals surface area contributed by atoms with Crippen molar-refractivity contribution in [2.24, 2.45) is 0 Å². The smallest absolute Gasteiger partial charge is 0.206 e. The number of halogens is 1. The molecule has 0 unspecified atom stereocenters. The van der Waals surface area contributed by atoms with Crippen LogP contribution in [-0.2, 0) is 0 Å². The lowest BCUT2D eigenvalue weighted by atomic mass is 10.1. The molecule has 0 aliphatic rings. The van der Waals surface area contributed by atoms with E-state index in [1.54, 1.807) is 32.0 Å². The molecule has 0 saturated heterocycles. The Morgan fingerprint density at radius 2 is 1.67 bits per heavy atom. The topological polar surface area (TPSA) is 51.6 Å². The minimum Gasteiger partial charge on any atom is -0.206 e. The van der Waals surface area contributed by atoms with Crippen LogP contribution in [-0.4, -0.2) is 20.4 Å². The van der Waals surface area contributed by atoms with Crippen molar-refractivity contribution in [3.8, 4) is 11.4 Å². The Balaban J connectivity index is 2.54. The van der Waals surface area contributed by atoms with E-state index in [1.165, 1.54) is 0 Å². The fourth-order valence-corrected chi connectivity index (χ4v) is 1.21. The second kappa shape index (κ2) is 3.68. The van der Waals surface area contributed by atoms with Gasteiger partial charge in [0.1, 0.15) is 5.82 Å². The van der Waals surface area contributed by atoms with E-state index in [1.807, 2.05) is 0 Å². The van der Waals surface area contributed by atoms with E-state index >= 15 is 0 Å². The number of rotatable bonds is 1. The number of hydrogen-bond donors (Lipinski definition) is 0. The molecule has 1 aromatic heterocycles. The van der Waals surface area contributed by atoms with Gasteiger partial charge in [0, 0.05) is 0 Å². The quantitative estimate of drug-likeness (QED) is 0.709. The molecular formula is C10H9FN4. The molecule has 76 valence electrons. The molecule has 4 nitrogen and oxygen atoms in total. The van der Waals surface area contributed by atoms with Gasteiger partial charge in [-0.05, 0) is 25.5 Å². The highest BCUT2D eigenvalue weighted by atomic mass is 19.1. The number of aromatic nitrogens is 4. The first-order valence-corrected chi connectivity index (χ1v) is 4.48. The molecule has 0 amide bonds. The van der Waals surface area contributed by atoms with Crippen LogP contribution in [0.25, 0.3) is 11.4 Å². The summed E-state index contributed by atoms with van der Waals surface area (Å²) in [5, 5.41) is 15.0. The fourth-order valence-electron chi connectivity index (χ4n) is 1.21. The lowest BCUT2D eigenvalue weighted by molar-refractivity contribution is 0.619. The van der Waals surface area contributed by atoms with E-state index in [-0.39, 0.29) is 11.6 Å². The van der Waals surface area contributed by atoms with Gasteiger partial charge in [-0.25, -0.2) is 4.39 Å². The summed E-state index contributed by atoms with van der Waals surface area (Å²) in [6.45, 7) is 3.37. The molecule has 5 heteroatoms. The van der Waals surface area contributed by atoms with E-state index < -0.39 is 0 Å². The highest BCUT2D eigenvalue weighted by Crippen LogP contribution is 2.19. The van der Waals surface area contributed by atoms with Gasteiger partial charge in [-0.3, -0.25) is 0 Å². The van der Waals surface area contributed by atoms with Crippen LogP contribution < -0.4 is 0 Å². The molecule has 2 rings (SSSR count). The predicted octanol–water partition coefficient (Wildman–Crippen LogP) is 1.69. The third-order valence-electron chi connectivity index (χ3n) is 2.01. The first kappa shape index (κ1) is 9.64. The molecule has 15 heavy (non-hydrogen) atoms. The van der Waals surface area contributed by atoms with Gasteiger partial charge in [-0.2, -0.15) is 0 Å². The second-order valence-electron chi connectivity index (χ2n) is 3.21. The first-order valence-electron chi connectivity index (χ1n) is 4.48. The van der Waals surface area contributed by atoms with E-state index in [4.69, 9.17) is 0 Å². The van der Waals surface area contributed by atoms with E-state index in [2.05, 4.69) is 20.4 Å². The molecule has 1 heterocycles. The SMILES string of the molecule is Cc1nnc(-c2cccc(C)c2F)nn1. The fraction of sp³-hybridized carbons (Fsp3) is 0.200. The molecule has 0 bridgehead atoms. The van der Waals surface area contributed by atoms with Crippen LogP contribution in [0.5, 0.6) is 0 Å². The number of hydrogen-bond acceptors (Lipinski definition) is 4. The summed E-state index contributed by atoms with van der Waals surface area (Å²) in [5.41, 5.74) is 0.881. The number of aryl methyl sites for hydroxylation is 2. The summed E-state index contributed by atoms with van der Waals surface area (Å²) in [7, 11) is 0. The standard InChI is InChI=1S/C10H9FN4/c1-6-4-3-5-8(9(6)11)10-14-12-7(2)13-15-10/h3-5H,1-2H3. The molecule has 1 aromatic carbocycles. The maximum absolute atomic E-state index is 13.7. The molecular weight excluding hydrogens is 195 g/mol. The van der Waals surface area contributed by atoms with Crippen LogP contribution >= 0.6 is 0 Å². The normalized spacial score (nSPS) is 10.3. The highest BCUT2D eigenvalue weighted by molar-refractivity contribution is 5.56. The second-order valence-corrected chi connectivity index (χ2v) is 3.21. The van der Waals surface area contributed by atoms with Gasteiger partial charge in [0.25, 0.3) is 0 Å². The molecule has 0 saturated carbocycles. The van der Waals surface area contributed by atoms with E-state index in [0.29, 0.717) is 17.0 Å². The summed E-state index contributed by atoms with van der Waals surface area (Å²) in [6, 6.07) is 5.04. The van der Waals surface area contributed by atoms with Crippen molar-refractivity contribution < 1.29 is 4.39 Å². The van der Waals surface area contributed by atoms with Gasteiger partial charge < -0.3 is 0 Å². The van der Waals surface area contributed by atoms with Crippen LogP contribution in [0, 0.1) is 19.7 Å². The molecule has 2 aromatic rings. The molecule has 0 aliphatic heterocycles. The molecule has 0 fully saturated rings. The zero-order valence-corrected chi connectivity index (χ0v) is 8.40. The van der Waals surface area contributed by atoms with Crippen molar-refractivity contribution in [1.82, 2.24) is 20.4 Å². The van der Waals surface area contributed by atoms with Gasteiger partial charge in [0.2, 0.25) is 5.82 Å². The Kier molecular flexibility index (Phi) is 2.37. The Morgan fingerprint density at radius 3 is 2.33 bits per heavy atom. The Morgan fingerprint density at radius 1 is 1.00 bits per heavy atom. The lowest BCUT2D eigenvalue weighted by Crippen LogP contribution is -2.00. The van der Waals surface area contributed by atoms with Crippen LogP contribution in [0.3, 0.4) is 0 Å². The summed E-state index contributed by atoms with van der Waals surface area (Å²) in [5.74, 6) is 0.346. The van der Waals surface area contributed by atoms with Crippen LogP contribution in [0.2, 0.25) is 0 Å². The summed E-state index contributed by atoms with van der Waals surface area (Å²) in [6.07, 6.45) is 0. The monoisotopic (exact) mass is 204 g/mol. The van der Waals surface area contributed by atoms with Gasteiger partial charge in [-0.1, -0.05) is 12.1 Å². The maximum Gasteiger partial charge on any atom is 0.206 e. The average Bonchev–Trinajstić information content (AvgIpc) is 2.24. The highest BCUT2D eigenvalue weighted by Gasteiger charge is 2.10. The Bertz CT molecular complexity index is 481. The van der Waals surface area contributed by atoms with Gasteiger partial charge in [-0.15, -0.1) is 20.4 Å². The lowest BCUT2D eigenvalue weighted by Gasteiger charge is -2.02. The van der Waals surface area contributed by atoms with Gasteiger partial charge in [0.15, 0.2) is 5.82 Å². The van der Waals surface area contributed by atoms with Crippen molar-refractivity contribution in [2.45, 2.75) is 13.8 Å². The third-order valence-corrected chi connectivity index (χ3v) is 2.01. The van der Waals surface area contributed by atoms with Gasteiger partial charge >= 0.3 is 0 Å². The molecule has 0 N–H and O–H groups in total. The molecule has 0 atom stereocenters. The molecule has 0 spiro atoms. The van der Waals surface area contributed by atoms with Crippen molar-refractivity contribution in [3.05, 3.63) is 35.4 Å². The minimum atomic E-state index is -0.329. The molecule has 0 radical (unpaired) electrons. The largest absolute Gasteiger partial charge is 0.206 e. The van der Waals surface area contributed by atoms with Crippen LogP contribution in [0.1, 0.15) is 11.4 Å². The summed E-state index contributed by atoms with van der Waals surface area (Å²) < 4.78 is 13.7. The van der Waals surface area contributed by atoms with E-state index in [0.717, 1.165) is 0 Å². The minimum absolute atomic E-state index is 0.210. The number of benzene rings is 1. The third kappa shape index (κ3) is 1.81. The zero-order chi connectivity index (χ0) is 10.8.